The van der Waals surface area contributed by atoms with Crippen LogP contribution in [-0.2, 0) is 4.79 Å². The Balaban J connectivity index is 1.49. The molecule has 0 radical (unpaired) electrons. The molecule has 1 N–H and O–H groups in total. The number of rotatable bonds is 4. The first kappa shape index (κ1) is 16.5. The minimum atomic E-state index is 0.133. The summed E-state index contributed by atoms with van der Waals surface area (Å²) in [5, 5.41) is 3.19. The minimum Gasteiger partial charge on any atom is -0.490 e. The lowest BCUT2D eigenvalue weighted by atomic mass is 10.1. The zero-order chi connectivity index (χ0) is 15.9. The van der Waals surface area contributed by atoms with Gasteiger partial charge in [-0.15, -0.1) is 11.8 Å². The maximum atomic E-state index is 12.2. The highest BCUT2D eigenvalue weighted by Crippen LogP contribution is 2.33. The fourth-order valence-corrected chi connectivity index (χ4v) is 3.81. The van der Waals surface area contributed by atoms with E-state index in [0.29, 0.717) is 25.0 Å². The molecule has 0 spiro atoms. The number of carbonyl (C=O) groups excluding carboxylic acids is 1. The van der Waals surface area contributed by atoms with Gasteiger partial charge in [0.25, 0.3) is 0 Å². The van der Waals surface area contributed by atoms with Gasteiger partial charge in [-0.3, -0.25) is 4.79 Å². The van der Waals surface area contributed by atoms with Crippen LogP contribution in [0.5, 0.6) is 11.5 Å². The van der Waals surface area contributed by atoms with Gasteiger partial charge in [-0.05, 0) is 31.0 Å². The number of nitrogens with one attached hydrogen (secondary N) is 1. The van der Waals surface area contributed by atoms with Crippen LogP contribution in [-0.4, -0.2) is 30.9 Å². The summed E-state index contributed by atoms with van der Waals surface area (Å²) >= 11 is 1.55. The van der Waals surface area contributed by atoms with Gasteiger partial charge in [0.1, 0.15) is 0 Å². The topological polar surface area (TPSA) is 47.6 Å². The van der Waals surface area contributed by atoms with E-state index in [2.05, 4.69) is 5.32 Å². The highest BCUT2D eigenvalue weighted by Gasteiger charge is 2.15. The molecule has 0 aromatic heterocycles. The number of thioether (sulfide) groups is 1. The van der Waals surface area contributed by atoms with Crippen molar-refractivity contribution in [3.8, 4) is 11.5 Å². The molecule has 1 amide bonds. The van der Waals surface area contributed by atoms with Gasteiger partial charge in [0, 0.05) is 17.4 Å². The summed E-state index contributed by atoms with van der Waals surface area (Å²) in [5.74, 6) is 2.18. The van der Waals surface area contributed by atoms with Crippen LogP contribution >= 0.6 is 11.8 Å². The molecule has 4 nitrogen and oxygen atoms in total. The van der Waals surface area contributed by atoms with Crippen LogP contribution in [0.3, 0.4) is 0 Å². The first-order valence-corrected chi connectivity index (χ1v) is 9.61. The third kappa shape index (κ3) is 5.06. The molecule has 23 heavy (non-hydrogen) atoms. The van der Waals surface area contributed by atoms with Crippen molar-refractivity contribution in [3.63, 3.8) is 0 Å². The normalized spacial score (nSPS) is 18.8. The highest BCUT2D eigenvalue weighted by atomic mass is 32.2. The molecular weight excluding hydrogens is 310 g/mol. The second kappa shape index (κ2) is 8.48. The monoisotopic (exact) mass is 335 g/mol. The van der Waals surface area contributed by atoms with Crippen molar-refractivity contribution < 1.29 is 14.3 Å². The SMILES string of the molecule is O=C(CSc1ccc2c(c1)OCCCO2)NC1CCCCCC1. The number of amides is 1. The number of fused-ring (bicyclic) bond motifs is 1. The van der Waals surface area contributed by atoms with Gasteiger partial charge in [-0.2, -0.15) is 0 Å². The standard InChI is InChI=1S/C18H25NO3S/c20-18(19-14-6-3-1-2-4-7-14)13-23-15-8-9-16-17(12-15)22-11-5-10-21-16/h8-9,12,14H,1-7,10-11,13H2,(H,19,20). The van der Waals surface area contributed by atoms with E-state index in [1.165, 1.54) is 25.7 Å². The van der Waals surface area contributed by atoms with Gasteiger partial charge < -0.3 is 14.8 Å². The predicted octanol–water partition coefficient (Wildman–Crippen LogP) is 3.78. The van der Waals surface area contributed by atoms with Crippen molar-refractivity contribution in [2.24, 2.45) is 0 Å². The number of hydrogen-bond acceptors (Lipinski definition) is 4. The van der Waals surface area contributed by atoms with E-state index in [4.69, 9.17) is 9.47 Å². The number of carbonyl (C=O) groups is 1. The Kier molecular flexibility index (Phi) is 6.08. The van der Waals surface area contributed by atoms with Crippen LogP contribution < -0.4 is 14.8 Å². The molecule has 1 aromatic rings. The van der Waals surface area contributed by atoms with Gasteiger partial charge in [0.05, 0.1) is 19.0 Å². The van der Waals surface area contributed by atoms with Gasteiger partial charge in [-0.25, -0.2) is 0 Å². The molecule has 1 fully saturated rings. The summed E-state index contributed by atoms with van der Waals surface area (Å²) in [7, 11) is 0. The van der Waals surface area contributed by atoms with Gasteiger partial charge in [0.15, 0.2) is 11.5 Å². The lowest BCUT2D eigenvalue weighted by Gasteiger charge is -2.16. The zero-order valence-electron chi connectivity index (χ0n) is 13.5. The Hall–Kier alpha value is -1.36. The fraction of sp³-hybridized carbons (Fsp3) is 0.611. The Bertz CT molecular complexity index is 527. The van der Waals surface area contributed by atoms with Crippen LogP contribution in [0.25, 0.3) is 0 Å². The fourth-order valence-electron chi connectivity index (χ4n) is 3.08. The van der Waals surface area contributed by atoms with E-state index in [-0.39, 0.29) is 5.91 Å². The zero-order valence-corrected chi connectivity index (χ0v) is 14.3. The molecule has 0 bridgehead atoms. The van der Waals surface area contributed by atoms with Crippen molar-refractivity contribution in [1.82, 2.24) is 5.32 Å². The van der Waals surface area contributed by atoms with Crippen molar-refractivity contribution in [2.45, 2.75) is 55.9 Å². The molecule has 1 heterocycles. The lowest BCUT2D eigenvalue weighted by molar-refractivity contribution is -0.119. The van der Waals surface area contributed by atoms with E-state index >= 15 is 0 Å². The maximum Gasteiger partial charge on any atom is 0.230 e. The molecule has 1 aliphatic carbocycles. The van der Waals surface area contributed by atoms with Crippen LogP contribution in [0, 0.1) is 0 Å². The van der Waals surface area contributed by atoms with Crippen molar-refractivity contribution in [1.29, 1.82) is 0 Å². The Labute approximate surface area is 142 Å². The van der Waals surface area contributed by atoms with Gasteiger partial charge in [-0.1, -0.05) is 25.7 Å². The van der Waals surface area contributed by atoms with Gasteiger partial charge in [0.2, 0.25) is 5.91 Å². The van der Waals surface area contributed by atoms with E-state index in [1.807, 2.05) is 18.2 Å². The van der Waals surface area contributed by atoms with Crippen LogP contribution in [0.1, 0.15) is 44.9 Å². The van der Waals surface area contributed by atoms with Gasteiger partial charge >= 0.3 is 0 Å². The van der Waals surface area contributed by atoms with Crippen molar-refractivity contribution in [2.75, 3.05) is 19.0 Å². The Morgan fingerprint density at radius 1 is 1.04 bits per heavy atom. The quantitative estimate of drug-likeness (QED) is 0.672. The van der Waals surface area contributed by atoms with Crippen LogP contribution in [0.4, 0.5) is 0 Å². The summed E-state index contributed by atoms with van der Waals surface area (Å²) in [6.07, 6.45) is 8.24. The molecule has 5 heteroatoms. The largest absolute Gasteiger partial charge is 0.490 e. The summed E-state index contributed by atoms with van der Waals surface area (Å²) < 4.78 is 11.3. The molecule has 126 valence electrons. The molecule has 0 atom stereocenters. The molecule has 1 aliphatic heterocycles. The molecule has 3 rings (SSSR count). The summed E-state index contributed by atoms with van der Waals surface area (Å²) in [6.45, 7) is 1.38. The van der Waals surface area contributed by atoms with Crippen LogP contribution in [0.15, 0.2) is 23.1 Å². The first-order chi connectivity index (χ1) is 11.3. The lowest BCUT2D eigenvalue weighted by Crippen LogP contribution is -2.35. The minimum absolute atomic E-state index is 0.133. The van der Waals surface area contributed by atoms with E-state index in [1.54, 1.807) is 11.8 Å². The predicted molar refractivity (Wildman–Crippen MR) is 92.4 cm³/mol. The Morgan fingerprint density at radius 3 is 2.57 bits per heavy atom. The smallest absolute Gasteiger partial charge is 0.230 e. The van der Waals surface area contributed by atoms with Crippen molar-refractivity contribution in [3.05, 3.63) is 18.2 Å². The third-order valence-corrected chi connectivity index (χ3v) is 5.30. The highest BCUT2D eigenvalue weighted by molar-refractivity contribution is 8.00. The maximum absolute atomic E-state index is 12.2. The first-order valence-electron chi connectivity index (χ1n) is 8.63. The summed E-state index contributed by atoms with van der Waals surface area (Å²) in [6, 6.07) is 6.28. The molecule has 0 unspecified atom stereocenters. The summed E-state index contributed by atoms with van der Waals surface area (Å²) in [5.41, 5.74) is 0. The molecule has 2 aliphatic rings. The second-order valence-electron chi connectivity index (χ2n) is 6.20. The van der Waals surface area contributed by atoms with E-state index in [0.717, 1.165) is 35.7 Å². The molecular formula is C18H25NO3S. The number of benzene rings is 1. The number of ether oxygens (including phenoxy) is 2. The average Bonchev–Trinajstić information content (AvgIpc) is 2.95. The van der Waals surface area contributed by atoms with E-state index < -0.39 is 0 Å². The van der Waals surface area contributed by atoms with E-state index in [9.17, 15) is 4.79 Å². The van der Waals surface area contributed by atoms with Crippen molar-refractivity contribution >= 4 is 17.7 Å². The Morgan fingerprint density at radius 2 is 1.78 bits per heavy atom. The average molecular weight is 335 g/mol. The molecule has 1 aromatic carbocycles. The van der Waals surface area contributed by atoms with Crippen LogP contribution in [0.2, 0.25) is 0 Å². The third-order valence-electron chi connectivity index (χ3n) is 4.31. The number of hydrogen-bond donors (Lipinski definition) is 1. The second-order valence-corrected chi connectivity index (χ2v) is 7.25. The molecule has 1 saturated carbocycles. The summed E-state index contributed by atoms with van der Waals surface area (Å²) in [4.78, 5) is 13.2. The molecule has 0 saturated heterocycles.